The van der Waals surface area contributed by atoms with Gasteiger partial charge in [-0.3, -0.25) is 0 Å². The maximum Gasteiger partial charge on any atom is 0.0953 e. The topological polar surface area (TPSA) is 29.9 Å². The van der Waals surface area contributed by atoms with Gasteiger partial charge in [0.05, 0.1) is 18.6 Å². The minimum Gasteiger partial charge on any atom is -0.332 e. The van der Waals surface area contributed by atoms with Gasteiger partial charge in [-0.1, -0.05) is 13.8 Å². The third-order valence-electron chi connectivity index (χ3n) is 2.51. The van der Waals surface area contributed by atoms with Crippen molar-refractivity contribution in [3.05, 3.63) is 40.1 Å². The van der Waals surface area contributed by atoms with Crippen LogP contribution in [0.3, 0.4) is 0 Å². The first-order chi connectivity index (χ1) is 8.13. The molecule has 3 nitrogen and oxygen atoms in total. The average molecular weight is 249 g/mol. The number of nitrogens with zero attached hydrogens (tertiary/aromatic N) is 2. The maximum absolute atomic E-state index is 4.40. The van der Waals surface area contributed by atoms with Crippen molar-refractivity contribution >= 4 is 11.3 Å². The highest BCUT2D eigenvalue weighted by Crippen LogP contribution is 2.16. The zero-order valence-electron chi connectivity index (χ0n) is 10.6. The minimum atomic E-state index is 0.500. The van der Waals surface area contributed by atoms with Crippen LogP contribution in [-0.2, 0) is 13.1 Å². The second kappa shape index (κ2) is 5.47. The Kier molecular flexibility index (Phi) is 3.97. The molecular weight excluding hydrogens is 230 g/mol. The van der Waals surface area contributed by atoms with Crippen LogP contribution in [0.1, 0.15) is 29.3 Å². The summed E-state index contributed by atoms with van der Waals surface area (Å²) in [5, 5.41) is 3.37. The van der Waals surface area contributed by atoms with Crippen LogP contribution in [0.2, 0.25) is 0 Å². The summed E-state index contributed by atoms with van der Waals surface area (Å²) in [4.78, 5) is 7.14. The first-order valence-corrected chi connectivity index (χ1v) is 6.74. The lowest BCUT2D eigenvalue weighted by Gasteiger charge is -2.04. The molecule has 2 aromatic heterocycles. The molecule has 1 N–H and O–H groups in total. The average Bonchev–Trinajstić information content (AvgIpc) is 2.86. The molecule has 92 valence electrons. The van der Waals surface area contributed by atoms with Gasteiger partial charge in [0.1, 0.15) is 0 Å². The predicted octanol–water partition coefficient (Wildman–Crippen LogP) is 2.80. The summed E-state index contributed by atoms with van der Waals surface area (Å²) in [6.45, 7) is 8.19. The van der Waals surface area contributed by atoms with Crippen molar-refractivity contribution in [1.29, 1.82) is 0 Å². The number of imidazole rings is 1. The lowest BCUT2D eigenvalue weighted by Crippen LogP contribution is -2.21. The normalized spacial score (nSPS) is 11.3. The van der Waals surface area contributed by atoms with Crippen molar-refractivity contribution in [1.82, 2.24) is 14.9 Å². The fraction of sp³-hybridized carbons (Fsp3) is 0.462. The molecule has 0 saturated heterocycles. The van der Waals surface area contributed by atoms with Crippen molar-refractivity contribution in [2.24, 2.45) is 0 Å². The van der Waals surface area contributed by atoms with Crippen LogP contribution in [0.4, 0.5) is 0 Å². The Morgan fingerprint density at radius 3 is 2.88 bits per heavy atom. The monoisotopic (exact) mass is 249 g/mol. The zero-order valence-corrected chi connectivity index (χ0v) is 11.4. The van der Waals surface area contributed by atoms with Crippen LogP contribution in [0.5, 0.6) is 0 Å². The number of hydrogen-bond acceptors (Lipinski definition) is 3. The van der Waals surface area contributed by atoms with Gasteiger partial charge >= 0.3 is 0 Å². The number of rotatable bonds is 5. The van der Waals surface area contributed by atoms with Crippen LogP contribution < -0.4 is 5.32 Å². The SMILES string of the molecule is Cc1ccc(Cn2cnc(CNC(C)C)c2)s1. The van der Waals surface area contributed by atoms with Crippen LogP contribution >= 0.6 is 11.3 Å². The zero-order chi connectivity index (χ0) is 12.3. The summed E-state index contributed by atoms with van der Waals surface area (Å²) in [6.07, 6.45) is 4.02. The molecule has 0 aliphatic heterocycles. The molecule has 0 unspecified atom stereocenters. The van der Waals surface area contributed by atoms with Crippen LogP contribution in [0.15, 0.2) is 24.7 Å². The molecule has 17 heavy (non-hydrogen) atoms. The van der Waals surface area contributed by atoms with E-state index in [1.807, 2.05) is 17.7 Å². The summed E-state index contributed by atoms with van der Waals surface area (Å²) in [7, 11) is 0. The van der Waals surface area contributed by atoms with Gasteiger partial charge < -0.3 is 9.88 Å². The minimum absolute atomic E-state index is 0.500. The fourth-order valence-corrected chi connectivity index (χ4v) is 2.54. The van der Waals surface area contributed by atoms with Crippen molar-refractivity contribution < 1.29 is 0 Å². The van der Waals surface area contributed by atoms with E-state index >= 15 is 0 Å². The molecule has 0 atom stereocenters. The van der Waals surface area contributed by atoms with Gasteiger partial charge in [0.25, 0.3) is 0 Å². The van der Waals surface area contributed by atoms with Gasteiger partial charge in [0.2, 0.25) is 0 Å². The summed E-state index contributed by atoms with van der Waals surface area (Å²) in [6, 6.07) is 4.85. The highest BCUT2D eigenvalue weighted by molar-refractivity contribution is 7.11. The van der Waals surface area contributed by atoms with Crippen LogP contribution in [0, 0.1) is 6.92 Å². The molecule has 0 amide bonds. The smallest absolute Gasteiger partial charge is 0.0953 e. The molecule has 0 saturated carbocycles. The molecule has 0 aliphatic carbocycles. The molecule has 4 heteroatoms. The maximum atomic E-state index is 4.40. The van der Waals surface area contributed by atoms with Gasteiger partial charge in [0.15, 0.2) is 0 Å². The van der Waals surface area contributed by atoms with E-state index in [1.165, 1.54) is 9.75 Å². The van der Waals surface area contributed by atoms with Crippen molar-refractivity contribution in [3.63, 3.8) is 0 Å². The number of hydrogen-bond donors (Lipinski definition) is 1. The molecule has 0 fully saturated rings. The highest BCUT2D eigenvalue weighted by Gasteiger charge is 2.02. The summed E-state index contributed by atoms with van der Waals surface area (Å²) in [5.41, 5.74) is 1.10. The van der Waals surface area contributed by atoms with Gasteiger partial charge in [-0.25, -0.2) is 4.98 Å². The number of nitrogens with one attached hydrogen (secondary N) is 1. The fourth-order valence-electron chi connectivity index (χ4n) is 1.64. The van der Waals surface area contributed by atoms with Gasteiger partial charge in [-0.05, 0) is 19.1 Å². The lowest BCUT2D eigenvalue weighted by molar-refractivity contribution is 0.582. The Morgan fingerprint density at radius 2 is 2.24 bits per heavy atom. The van der Waals surface area contributed by atoms with Crippen molar-refractivity contribution in [3.8, 4) is 0 Å². The van der Waals surface area contributed by atoms with E-state index in [9.17, 15) is 0 Å². The van der Waals surface area contributed by atoms with Crippen molar-refractivity contribution in [2.45, 2.75) is 39.9 Å². The number of thiophene rings is 1. The standard InChI is InChI=1S/C13H19N3S/c1-10(2)14-6-12-7-16(9-15-12)8-13-5-4-11(3)17-13/h4-5,7,9-10,14H,6,8H2,1-3H3. The highest BCUT2D eigenvalue weighted by atomic mass is 32.1. The molecule has 2 rings (SSSR count). The first-order valence-electron chi connectivity index (χ1n) is 5.93. The largest absolute Gasteiger partial charge is 0.332 e. The van der Waals surface area contributed by atoms with Gasteiger partial charge in [0, 0.05) is 28.5 Å². The summed E-state index contributed by atoms with van der Waals surface area (Å²) >= 11 is 1.85. The van der Waals surface area contributed by atoms with Crippen molar-refractivity contribution in [2.75, 3.05) is 0 Å². The Labute approximate surface area is 107 Å². The van der Waals surface area contributed by atoms with E-state index in [1.54, 1.807) is 0 Å². The predicted molar refractivity (Wildman–Crippen MR) is 72.4 cm³/mol. The lowest BCUT2D eigenvalue weighted by atomic mass is 10.3. The van der Waals surface area contributed by atoms with Gasteiger partial charge in [-0.15, -0.1) is 11.3 Å². The molecule has 0 aromatic carbocycles. The Hall–Kier alpha value is -1.13. The van der Waals surface area contributed by atoms with Crippen LogP contribution in [-0.4, -0.2) is 15.6 Å². The second-order valence-electron chi connectivity index (χ2n) is 4.59. The van der Waals surface area contributed by atoms with E-state index in [0.717, 1.165) is 18.8 Å². The summed E-state index contributed by atoms with van der Waals surface area (Å²) in [5.74, 6) is 0. The molecule has 2 heterocycles. The summed E-state index contributed by atoms with van der Waals surface area (Å²) < 4.78 is 2.14. The van der Waals surface area contributed by atoms with E-state index < -0.39 is 0 Å². The van der Waals surface area contributed by atoms with E-state index in [-0.39, 0.29) is 0 Å². The molecule has 0 radical (unpaired) electrons. The van der Waals surface area contributed by atoms with E-state index in [0.29, 0.717) is 6.04 Å². The number of aryl methyl sites for hydroxylation is 1. The van der Waals surface area contributed by atoms with E-state index in [2.05, 4.69) is 54.0 Å². The van der Waals surface area contributed by atoms with E-state index in [4.69, 9.17) is 0 Å². The van der Waals surface area contributed by atoms with Gasteiger partial charge in [-0.2, -0.15) is 0 Å². The Morgan fingerprint density at radius 1 is 1.41 bits per heavy atom. The first kappa shape index (κ1) is 12.3. The quantitative estimate of drug-likeness (QED) is 0.883. The third kappa shape index (κ3) is 3.68. The molecule has 0 spiro atoms. The molecule has 0 aliphatic rings. The molecular formula is C13H19N3S. The Bertz CT molecular complexity index is 470. The molecule has 0 bridgehead atoms. The Balaban J connectivity index is 1.94. The van der Waals surface area contributed by atoms with Crippen LogP contribution in [0.25, 0.3) is 0 Å². The molecule has 2 aromatic rings. The second-order valence-corrected chi connectivity index (χ2v) is 5.96. The third-order valence-corrected chi connectivity index (χ3v) is 3.50. The number of aromatic nitrogens is 2.